The fourth-order valence-corrected chi connectivity index (χ4v) is 2.93. The molecular weight excluding hydrogens is 244 g/mol. The van der Waals surface area contributed by atoms with Crippen molar-refractivity contribution in [2.75, 3.05) is 12.4 Å². The van der Waals surface area contributed by atoms with Crippen molar-refractivity contribution in [2.24, 2.45) is 0 Å². The molecule has 1 rings (SSSR count). The van der Waals surface area contributed by atoms with Crippen LogP contribution in [0.1, 0.15) is 59.3 Å². The minimum absolute atomic E-state index is 0.256. The lowest BCUT2D eigenvalue weighted by Gasteiger charge is -2.22. The molecule has 0 N–H and O–H groups in total. The lowest BCUT2D eigenvalue weighted by atomic mass is 10.2. The lowest BCUT2D eigenvalue weighted by molar-refractivity contribution is -0.155. The summed E-state index contributed by atoms with van der Waals surface area (Å²) < 4.78 is 11.7. The van der Waals surface area contributed by atoms with E-state index in [2.05, 4.69) is 32.3 Å². The first-order valence-electron chi connectivity index (χ1n) is 7.28. The molecule has 2 unspecified atom stereocenters. The molecule has 3 heteroatoms. The van der Waals surface area contributed by atoms with Crippen molar-refractivity contribution in [3.05, 3.63) is 11.5 Å². The van der Waals surface area contributed by atoms with Gasteiger partial charge in [0.15, 0.2) is 5.79 Å². The van der Waals surface area contributed by atoms with Gasteiger partial charge in [-0.15, -0.1) is 11.8 Å². The third kappa shape index (κ3) is 6.26. The van der Waals surface area contributed by atoms with Crippen LogP contribution in [-0.2, 0) is 9.47 Å². The van der Waals surface area contributed by atoms with E-state index in [0.29, 0.717) is 0 Å². The van der Waals surface area contributed by atoms with Gasteiger partial charge in [-0.3, -0.25) is 0 Å². The number of rotatable bonds is 9. The van der Waals surface area contributed by atoms with Crippen LogP contribution in [0, 0.1) is 0 Å². The second-order valence-corrected chi connectivity index (χ2v) is 6.07. The molecular formula is C15H28O2S. The second kappa shape index (κ2) is 9.00. The molecule has 2 nitrogen and oxygen atoms in total. The van der Waals surface area contributed by atoms with Gasteiger partial charge in [0.1, 0.15) is 0 Å². The molecule has 0 radical (unpaired) electrons. The zero-order valence-corrected chi connectivity index (χ0v) is 12.9. The highest BCUT2D eigenvalue weighted by atomic mass is 32.2. The van der Waals surface area contributed by atoms with Gasteiger partial charge in [-0.1, -0.05) is 39.2 Å². The average molecular weight is 272 g/mol. The first-order chi connectivity index (χ1) is 8.70. The van der Waals surface area contributed by atoms with E-state index in [1.54, 1.807) is 0 Å². The molecule has 0 bridgehead atoms. The third-order valence-corrected chi connectivity index (χ3v) is 4.09. The number of ether oxygens (including phenoxy) is 2. The van der Waals surface area contributed by atoms with Crippen molar-refractivity contribution in [2.45, 2.75) is 71.2 Å². The molecule has 106 valence electrons. The quantitative estimate of drug-likeness (QED) is 0.565. The molecule has 0 aliphatic carbocycles. The fourth-order valence-electron chi connectivity index (χ4n) is 2.17. The fraction of sp³-hybridized carbons (Fsp3) is 0.867. The third-order valence-electron chi connectivity index (χ3n) is 3.14. The molecule has 1 fully saturated rings. The van der Waals surface area contributed by atoms with Crippen molar-refractivity contribution in [3.8, 4) is 0 Å². The number of allylic oxidation sites excluding steroid dienone is 1. The maximum absolute atomic E-state index is 5.96. The molecule has 2 atom stereocenters. The van der Waals surface area contributed by atoms with Crippen molar-refractivity contribution in [1.82, 2.24) is 0 Å². The molecule has 1 heterocycles. The molecule has 0 aromatic rings. The highest BCUT2D eigenvalue weighted by Crippen LogP contribution is 2.29. The van der Waals surface area contributed by atoms with E-state index in [0.717, 1.165) is 25.2 Å². The normalized spacial score (nSPS) is 28.3. The van der Waals surface area contributed by atoms with E-state index in [9.17, 15) is 0 Å². The predicted octanol–water partition coefficient (Wildman–Crippen LogP) is 4.75. The van der Waals surface area contributed by atoms with E-state index in [1.807, 2.05) is 11.8 Å². The lowest BCUT2D eigenvalue weighted by Crippen LogP contribution is -2.26. The van der Waals surface area contributed by atoms with Crippen LogP contribution in [0.2, 0.25) is 0 Å². The van der Waals surface area contributed by atoms with Crippen LogP contribution in [0.15, 0.2) is 11.5 Å². The van der Waals surface area contributed by atoms with Gasteiger partial charge in [0.05, 0.1) is 12.7 Å². The van der Waals surface area contributed by atoms with Crippen molar-refractivity contribution in [1.29, 1.82) is 0 Å². The minimum Gasteiger partial charge on any atom is -0.347 e. The van der Waals surface area contributed by atoms with Crippen molar-refractivity contribution in [3.63, 3.8) is 0 Å². The zero-order chi connectivity index (χ0) is 13.3. The number of unbranched alkanes of at least 4 members (excludes halogenated alkanes) is 3. The largest absolute Gasteiger partial charge is 0.347 e. The highest BCUT2D eigenvalue weighted by Gasteiger charge is 2.35. The van der Waals surface area contributed by atoms with E-state index in [4.69, 9.17) is 9.47 Å². The Morgan fingerprint density at radius 1 is 1.28 bits per heavy atom. The second-order valence-electron chi connectivity index (χ2n) is 5.14. The summed E-state index contributed by atoms with van der Waals surface area (Å²) in [6, 6.07) is 0. The van der Waals surface area contributed by atoms with Crippen LogP contribution < -0.4 is 0 Å². The first kappa shape index (κ1) is 16.1. The smallest absolute Gasteiger partial charge is 0.166 e. The summed E-state index contributed by atoms with van der Waals surface area (Å²) in [6.45, 7) is 7.21. The van der Waals surface area contributed by atoms with Gasteiger partial charge in [0.2, 0.25) is 0 Å². The topological polar surface area (TPSA) is 18.5 Å². The van der Waals surface area contributed by atoms with Gasteiger partial charge in [-0.05, 0) is 25.2 Å². The van der Waals surface area contributed by atoms with Crippen LogP contribution in [0.4, 0.5) is 0 Å². The van der Waals surface area contributed by atoms with Gasteiger partial charge in [-0.2, -0.15) is 0 Å². The molecule has 0 aromatic carbocycles. The zero-order valence-electron chi connectivity index (χ0n) is 12.1. The Kier molecular flexibility index (Phi) is 8.03. The molecule has 1 saturated heterocycles. The van der Waals surface area contributed by atoms with E-state index < -0.39 is 0 Å². The van der Waals surface area contributed by atoms with Gasteiger partial charge >= 0.3 is 0 Å². The monoisotopic (exact) mass is 272 g/mol. The Balaban J connectivity index is 2.07. The molecule has 1 aliphatic rings. The number of hydrogen-bond donors (Lipinski definition) is 0. The maximum atomic E-state index is 5.96. The molecule has 0 spiro atoms. The van der Waals surface area contributed by atoms with E-state index in [-0.39, 0.29) is 11.9 Å². The van der Waals surface area contributed by atoms with E-state index in [1.165, 1.54) is 25.7 Å². The summed E-state index contributed by atoms with van der Waals surface area (Å²) in [5, 5.41) is 2.22. The molecule has 18 heavy (non-hydrogen) atoms. The Morgan fingerprint density at radius 3 is 2.83 bits per heavy atom. The number of hydrogen-bond acceptors (Lipinski definition) is 3. The summed E-state index contributed by atoms with van der Waals surface area (Å²) in [5.41, 5.74) is 0. The minimum atomic E-state index is -0.329. The Labute approximate surface area is 117 Å². The summed E-state index contributed by atoms with van der Waals surface area (Å²) in [4.78, 5) is 0. The standard InChI is InChI=1S/C15H28O2S/c1-4-6-7-8-9-11-18-13-14-12-16-15(3,17-14)10-5-2/h9,11,14H,4-8,10,12-13H2,1-3H3. The van der Waals surface area contributed by atoms with Crippen LogP contribution in [0.5, 0.6) is 0 Å². The van der Waals surface area contributed by atoms with Crippen LogP contribution in [0.25, 0.3) is 0 Å². The predicted molar refractivity (Wildman–Crippen MR) is 79.9 cm³/mol. The molecule has 0 amide bonds. The maximum Gasteiger partial charge on any atom is 0.166 e. The van der Waals surface area contributed by atoms with Gasteiger partial charge in [0, 0.05) is 12.2 Å². The van der Waals surface area contributed by atoms with Crippen LogP contribution in [-0.4, -0.2) is 24.3 Å². The van der Waals surface area contributed by atoms with Crippen LogP contribution >= 0.6 is 11.8 Å². The summed E-state index contributed by atoms with van der Waals surface area (Å²) in [5.74, 6) is 0.675. The van der Waals surface area contributed by atoms with Crippen LogP contribution in [0.3, 0.4) is 0 Å². The molecule has 1 aliphatic heterocycles. The average Bonchev–Trinajstić information content (AvgIpc) is 2.70. The van der Waals surface area contributed by atoms with Crippen molar-refractivity contribution < 1.29 is 9.47 Å². The summed E-state index contributed by atoms with van der Waals surface area (Å²) in [7, 11) is 0. The molecule has 0 saturated carbocycles. The molecule has 0 aromatic heterocycles. The SMILES string of the molecule is CCCCCC=CSCC1COC(C)(CCC)O1. The van der Waals surface area contributed by atoms with Crippen molar-refractivity contribution >= 4 is 11.8 Å². The Bertz CT molecular complexity index is 243. The Morgan fingerprint density at radius 2 is 2.11 bits per heavy atom. The number of thioether (sulfide) groups is 1. The van der Waals surface area contributed by atoms with Gasteiger partial charge in [0.25, 0.3) is 0 Å². The summed E-state index contributed by atoms with van der Waals surface area (Å²) in [6.07, 6.45) is 9.78. The Hall–Kier alpha value is 0.01000. The first-order valence-corrected chi connectivity index (χ1v) is 8.33. The summed E-state index contributed by atoms with van der Waals surface area (Å²) >= 11 is 1.84. The van der Waals surface area contributed by atoms with Gasteiger partial charge < -0.3 is 9.47 Å². The highest BCUT2D eigenvalue weighted by molar-refractivity contribution is 8.02. The van der Waals surface area contributed by atoms with Gasteiger partial charge in [-0.25, -0.2) is 0 Å². The van der Waals surface area contributed by atoms with E-state index >= 15 is 0 Å².